The minimum atomic E-state index is -0.319. The molecule has 2 heterocycles. The summed E-state index contributed by atoms with van der Waals surface area (Å²) in [5.41, 5.74) is 0. The topological polar surface area (TPSA) is 57.8 Å². The Morgan fingerprint density at radius 2 is 2.33 bits per heavy atom. The van der Waals surface area contributed by atoms with Crippen LogP contribution in [0.25, 0.3) is 10.1 Å². The van der Waals surface area contributed by atoms with E-state index < -0.39 is 0 Å². The number of thiophene rings is 1. The van der Waals surface area contributed by atoms with Gasteiger partial charge in [0.05, 0.1) is 4.88 Å². The lowest BCUT2D eigenvalue weighted by Gasteiger charge is -1.97. The minimum Gasteiger partial charge on any atom is -0.331 e. The van der Waals surface area contributed by atoms with E-state index in [1.165, 1.54) is 17.4 Å². The number of halogens is 1. The van der Waals surface area contributed by atoms with Crippen LogP contribution in [0.2, 0.25) is 0 Å². The second-order valence-electron chi connectivity index (χ2n) is 3.65. The molecule has 2 N–H and O–H groups in total. The monoisotopic (exact) mass is 261 g/mol. The van der Waals surface area contributed by atoms with E-state index in [0.717, 1.165) is 4.70 Å². The zero-order chi connectivity index (χ0) is 12.5. The molecule has 0 spiro atoms. The summed E-state index contributed by atoms with van der Waals surface area (Å²) in [5.74, 6) is -0.246. The summed E-state index contributed by atoms with van der Waals surface area (Å²) in [6.07, 6.45) is 3.15. The van der Waals surface area contributed by atoms with Gasteiger partial charge in [-0.2, -0.15) is 0 Å². The minimum absolute atomic E-state index is 0.300. The maximum atomic E-state index is 13.5. The van der Waals surface area contributed by atoms with Gasteiger partial charge in [-0.1, -0.05) is 6.07 Å². The second kappa shape index (κ2) is 4.23. The largest absolute Gasteiger partial charge is 0.331 e. The number of amides is 1. The highest BCUT2D eigenvalue weighted by atomic mass is 32.1. The van der Waals surface area contributed by atoms with E-state index in [-0.39, 0.29) is 11.7 Å². The van der Waals surface area contributed by atoms with Crippen LogP contribution in [0.3, 0.4) is 0 Å². The molecule has 3 aromatic rings. The Hall–Kier alpha value is -2.21. The Morgan fingerprint density at radius 3 is 3.06 bits per heavy atom. The highest BCUT2D eigenvalue weighted by molar-refractivity contribution is 7.20. The van der Waals surface area contributed by atoms with Crippen LogP contribution in [0.4, 0.5) is 10.3 Å². The van der Waals surface area contributed by atoms with E-state index in [9.17, 15) is 9.18 Å². The summed E-state index contributed by atoms with van der Waals surface area (Å²) in [6.45, 7) is 0. The quantitative estimate of drug-likeness (QED) is 0.745. The van der Waals surface area contributed by atoms with Crippen molar-refractivity contribution in [1.29, 1.82) is 0 Å². The van der Waals surface area contributed by atoms with Gasteiger partial charge < -0.3 is 4.98 Å². The predicted molar refractivity (Wildman–Crippen MR) is 68.3 cm³/mol. The molecular weight excluding hydrogens is 253 g/mol. The average Bonchev–Trinajstić information content (AvgIpc) is 2.97. The third-order valence-electron chi connectivity index (χ3n) is 2.46. The molecule has 0 saturated carbocycles. The van der Waals surface area contributed by atoms with Crippen LogP contribution < -0.4 is 5.32 Å². The molecule has 0 fully saturated rings. The van der Waals surface area contributed by atoms with Crippen LogP contribution in [0.5, 0.6) is 0 Å². The molecule has 0 aliphatic rings. The molecule has 0 bridgehead atoms. The smallest absolute Gasteiger partial charge is 0.268 e. The fourth-order valence-corrected chi connectivity index (χ4v) is 2.61. The van der Waals surface area contributed by atoms with E-state index >= 15 is 0 Å². The van der Waals surface area contributed by atoms with Crippen molar-refractivity contribution in [2.45, 2.75) is 0 Å². The first kappa shape index (κ1) is 10.9. The van der Waals surface area contributed by atoms with Gasteiger partial charge in [0.15, 0.2) is 0 Å². The number of H-pyrrole nitrogens is 1. The summed E-state index contributed by atoms with van der Waals surface area (Å²) in [6, 6.07) is 6.34. The van der Waals surface area contributed by atoms with Crippen molar-refractivity contribution in [3.05, 3.63) is 47.4 Å². The molecule has 0 atom stereocenters. The summed E-state index contributed by atoms with van der Waals surface area (Å²) in [5, 5.41) is 3.07. The van der Waals surface area contributed by atoms with Crippen molar-refractivity contribution >= 4 is 33.3 Å². The molecule has 1 aromatic carbocycles. The van der Waals surface area contributed by atoms with Crippen molar-refractivity contribution in [1.82, 2.24) is 9.97 Å². The standard InChI is InChI=1S/C12H8FN3OS/c13-8-2-1-3-9-7(8)6-10(18-9)11(17)16-12-14-4-5-15-12/h1-6H,(H2,14,15,16,17). The summed E-state index contributed by atoms with van der Waals surface area (Å²) >= 11 is 1.25. The Morgan fingerprint density at radius 1 is 1.44 bits per heavy atom. The van der Waals surface area contributed by atoms with E-state index in [4.69, 9.17) is 0 Å². The lowest BCUT2D eigenvalue weighted by Crippen LogP contribution is -2.11. The molecule has 0 radical (unpaired) electrons. The molecule has 4 nitrogen and oxygen atoms in total. The van der Waals surface area contributed by atoms with Gasteiger partial charge in [-0.3, -0.25) is 10.1 Å². The van der Waals surface area contributed by atoms with Crippen molar-refractivity contribution in [3.63, 3.8) is 0 Å². The number of nitrogens with zero attached hydrogens (tertiary/aromatic N) is 1. The highest BCUT2D eigenvalue weighted by Crippen LogP contribution is 2.27. The molecule has 6 heteroatoms. The van der Waals surface area contributed by atoms with E-state index in [1.54, 1.807) is 30.6 Å². The van der Waals surface area contributed by atoms with Gasteiger partial charge in [0.25, 0.3) is 5.91 Å². The van der Waals surface area contributed by atoms with E-state index in [2.05, 4.69) is 15.3 Å². The number of fused-ring (bicyclic) bond motifs is 1. The zero-order valence-electron chi connectivity index (χ0n) is 9.11. The first-order valence-electron chi connectivity index (χ1n) is 5.23. The van der Waals surface area contributed by atoms with Crippen LogP contribution in [-0.4, -0.2) is 15.9 Å². The zero-order valence-corrected chi connectivity index (χ0v) is 9.92. The third-order valence-corrected chi connectivity index (χ3v) is 3.56. The van der Waals surface area contributed by atoms with Gasteiger partial charge in [-0.25, -0.2) is 9.37 Å². The molecule has 0 unspecified atom stereocenters. The number of nitrogens with one attached hydrogen (secondary N) is 2. The van der Waals surface area contributed by atoms with Gasteiger partial charge in [0.1, 0.15) is 5.82 Å². The number of benzene rings is 1. The molecule has 1 amide bonds. The van der Waals surface area contributed by atoms with Gasteiger partial charge >= 0.3 is 0 Å². The van der Waals surface area contributed by atoms with Crippen LogP contribution in [0.15, 0.2) is 36.7 Å². The number of anilines is 1. The summed E-state index contributed by atoms with van der Waals surface area (Å²) in [4.78, 5) is 19.0. The molecular formula is C12H8FN3OS. The number of aromatic nitrogens is 2. The first-order valence-corrected chi connectivity index (χ1v) is 6.04. The second-order valence-corrected chi connectivity index (χ2v) is 4.74. The van der Waals surface area contributed by atoms with Gasteiger partial charge in [-0.15, -0.1) is 11.3 Å². The molecule has 2 aromatic heterocycles. The Kier molecular flexibility index (Phi) is 2.56. The number of hydrogen-bond donors (Lipinski definition) is 2. The SMILES string of the molecule is O=C(Nc1ncc[nH]1)c1cc2c(F)cccc2s1. The number of aromatic amines is 1. The molecule has 18 heavy (non-hydrogen) atoms. The molecule has 90 valence electrons. The van der Waals surface area contributed by atoms with Crippen LogP contribution in [-0.2, 0) is 0 Å². The van der Waals surface area contributed by atoms with Gasteiger partial charge in [0.2, 0.25) is 5.95 Å². The first-order chi connectivity index (χ1) is 8.74. The number of carbonyl (C=O) groups is 1. The number of hydrogen-bond acceptors (Lipinski definition) is 3. The normalized spacial score (nSPS) is 10.7. The fraction of sp³-hybridized carbons (Fsp3) is 0. The Labute approximate surface area is 105 Å². The summed E-state index contributed by atoms with van der Waals surface area (Å²) in [7, 11) is 0. The van der Waals surface area contributed by atoms with Crippen LogP contribution in [0.1, 0.15) is 9.67 Å². The number of rotatable bonds is 2. The van der Waals surface area contributed by atoms with Gasteiger partial charge in [0, 0.05) is 22.5 Å². The maximum Gasteiger partial charge on any atom is 0.268 e. The number of imidazole rings is 1. The van der Waals surface area contributed by atoms with Crippen LogP contribution >= 0.6 is 11.3 Å². The molecule has 3 rings (SSSR count). The molecule has 0 aliphatic carbocycles. The van der Waals surface area contributed by atoms with Crippen molar-refractivity contribution in [2.24, 2.45) is 0 Å². The lowest BCUT2D eigenvalue weighted by molar-refractivity contribution is 0.103. The van der Waals surface area contributed by atoms with E-state index in [0.29, 0.717) is 16.2 Å². The van der Waals surface area contributed by atoms with Crippen molar-refractivity contribution in [3.8, 4) is 0 Å². The maximum absolute atomic E-state index is 13.5. The van der Waals surface area contributed by atoms with Crippen molar-refractivity contribution in [2.75, 3.05) is 5.32 Å². The van der Waals surface area contributed by atoms with Crippen molar-refractivity contribution < 1.29 is 9.18 Å². The Bertz CT molecular complexity index is 705. The highest BCUT2D eigenvalue weighted by Gasteiger charge is 2.13. The molecule has 0 saturated heterocycles. The predicted octanol–water partition coefficient (Wildman–Crippen LogP) is 3.02. The van der Waals surface area contributed by atoms with Crippen LogP contribution in [0, 0.1) is 5.82 Å². The fourth-order valence-electron chi connectivity index (χ4n) is 1.64. The summed E-state index contributed by atoms with van der Waals surface area (Å²) < 4.78 is 14.2. The number of carbonyl (C=O) groups excluding carboxylic acids is 1. The average molecular weight is 261 g/mol. The molecule has 0 aliphatic heterocycles. The van der Waals surface area contributed by atoms with E-state index in [1.807, 2.05) is 0 Å². The Balaban J connectivity index is 1.94. The lowest BCUT2D eigenvalue weighted by atomic mass is 10.2. The third kappa shape index (κ3) is 1.86. The van der Waals surface area contributed by atoms with Gasteiger partial charge in [-0.05, 0) is 18.2 Å².